The van der Waals surface area contributed by atoms with Gasteiger partial charge in [0, 0.05) is 76.7 Å². The van der Waals surface area contributed by atoms with Crippen molar-refractivity contribution in [3.05, 3.63) is 59.7 Å². The summed E-state index contributed by atoms with van der Waals surface area (Å²) < 4.78 is 5.42. The van der Waals surface area contributed by atoms with Crippen LogP contribution in [-0.4, -0.2) is 87.2 Å². The predicted molar refractivity (Wildman–Crippen MR) is 148 cm³/mol. The van der Waals surface area contributed by atoms with Gasteiger partial charge in [0.15, 0.2) is 0 Å². The van der Waals surface area contributed by atoms with Crippen molar-refractivity contribution < 1.29 is 14.3 Å². The molecular weight excluding hydrogens is 466 g/mol. The van der Waals surface area contributed by atoms with E-state index in [1.807, 2.05) is 24.3 Å². The van der Waals surface area contributed by atoms with E-state index >= 15 is 0 Å². The first kappa shape index (κ1) is 27.1. The van der Waals surface area contributed by atoms with Gasteiger partial charge in [0.05, 0.1) is 18.8 Å². The van der Waals surface area contributed by atoms with Crippen LogP contribution in [0, 0.1) is 0 Å². The average Bonchev–Trinajstić information content (AvgIpc) is 2.93. The van der Waals surface area contributed by atoms with Crippen LogP contribution in [0.4, 0.5) is 11.4 Å². The number of amides is 2. The van der Waals surface area contributed by atoms with E-state index in [0.717, 1.165) is 84.1 Å². The van der Waals surface area contributed by atoms with Gasteiger partial charge in [-0.2, -0.15) is 0 Å². The molecule has 2 fully saturated rings. The fourth-order valence-corrected chi connectivity index (χ4v) is 4.87. The Morgan fingerprint density at radius 1 is 0.919 bits per heavy atom. The molecule has 200 valence electrons. The summed E-state index contributed by atoms with van der Waals surface area (Å²) in [6.07, 6.45) is 2.31. The standard InChI is InChI=1S/C29H41N5O3/c1-2-3-9-28(35)31-25-10-11-27(26(22-25)29(36)30-12-13-32-18-20-37-21-19-32)34-16-14-33(15-17-34)23-24-7-5-4-6-8-24/h4-8,10-11,22H,2-3,9,12-21,23H2,1H3,(H,30,36)(H,31,35). The summed E-state index contributed by atoms with van der Waals surface area (Å²) in [5.74, 6) is -0.109. The molecule has 0 spiro atoms. The number of hydrogen-bond acceptors (Lipinski definition) is 6. The number of anilines is 2. The smallest absolute Gasteiger partial charge is 0.253 e. The van der Waals surface area contributed by atoms with Crippen LogP contribution in [-0.2, 0) is 16.1 Å². The minimum absolute atomic E-state index is 0.0113. The topological polar surface area (TPSA) is 77.2 Å². The maximum absolute atomic E-state index is 13.4. The summed E-state index contributed by atoms with van der Waals surface area (Å²) in [5, 5.41) is 6.09. The molecule has 2 aliphatic heterocycles. The molecule has 37 heavy (non-hydrogen) atoms. The van der Waals surface area contributed by atoms with Crippen molar-refractivity contribution in [1.82, 2.24) is 15.1 Å². The summed E-state index contributed by atoms with van der Waals surface area (Å²) in [4.78, 5) is 32.7. The molecule has 0 bridgehead atoms. The molecule has 2 aromatic rings. The zero-order valence-corrected chi connectivity index (χ0v) is 22.1. The van der Waals surface area contributed by atoms with Crippen LogP contribution in [0.2, 0.25) is 0 Å². The monoisotopic (exact) mass is 507 g/mol. The number of rotatable bonds is 11. The number of carbonyl (C=O) groups is 2. The summed E-state index contributed by atoms with van der Waals surface area (Å²) >= 11 is 0. The number of morpholine rings is 1. The van der Waals surface area contributed by atoms with E-state index < -0.39 is 0 Å². The van der Waals surface area contributed by atoms with Gasteiger partial charge in [0.1, 0.15) is 0 Å². The number of piperazine rings is 1. The van der Waals surface area contributed by atoms with Gasteiger partial charge in [0.25, 0.3) is 5.91 Å². The summed E-state index contributed by atoms with van der Waals surface area (Å²) in [7, 11) is 0. The SMILES string of the molecule is CCCCC(=O)Nc1ccc(N2CCN(Cc3ccccc3)CC2)c(C(=O)NCCN2CCOCC2)c1. The largest absolute Gasteiger partial charge is 0.379 e. The average molecular weight is 508 g/mol. The highest BCUT2D eigenvalue weighted by Crippen LogP contribution is 2.26. The molecule has 0 radical (unpaired) electrons. The Bertz CT molecular complexity index is 1000. The Balaban J connectivity index is 1.41. The van der Waals surface area contributed by atoms with Gasteiger partial charge in [-0.05, 0) is 30.2 Å². The molecule has 0 unspecified atom stereocenters. The van der Waals surface area contributed by atoms with E-state index in [9.17, 15) is 9.59 Å². The number of nitrogens with one attached hydrogen (secondary N) is 2. The molecule has 2 N–H and O–H groups in total. The quantitative estimate of drug-likeness (QED) is 0.487. The van der Waals surface area contributed by atoms with Gasteiger partial charge < -0.3 is 20.3 Å². The molecular formula is C29H41N5O3. The van der Waals surface area contributed by atoms with Crippen molar-refractivity contribution in [3.63, 3.8) is 0 Å². The van der Waals surface area contributed by atoms with Crippen molar-refractivity contribution in [2.45, 2.75) is 32.7 Å². The minimum Gasteiger partial charge on any atom is -0.379 e. The normalized spacial score (nSPS) is 16.9. The van der Waals surface area contributed by atoms with E-state index in [4.69, 9.17) is 4.74 Å². The first-order chi connectivity index (χ1) is 18.1. The van der Waals surface area contributed by atoms with E-state index in [2.05, 4.69) is 56.5 Å². The van der Waals surface area contributed by atoms with Crippen molar-refractivity contribution in [1.29, 1.82) is 0 Å². The lowest BCUT2D eigenvalue weighted by Crippen LogP contribution is -2.46. The second-order valence-electron chi connectivity index (χ2n) is 9.84. The van der Waals surface area contributed by atoms with Crippen molar-refractivity contribution in [2.24, 2.45) is 0 Å². The second kappa shape index (κ2) is 14.1. The molecule has 8 heteroatoms. The van der Waals surface area contributed by atoms with Crippen molar-refractivity contribution in [2.75, 3.05) is 75.8 Å². The van der Waals surface area contributed by atoms with Crippen LogP contribution in [0.5, 0.6) is 0 Å². The summed E-state index contributed by atoms with van der Waals surface area (Å²) in [6.45, 7) is 11.2. The molecule has 0 atom stereocenters. The molecule has 8 nitrogen and oxygen atoms in total. The maximum Gasteiger partial charge on any atom is 0.253 e. The minimum atomic E-state index is -0.0976. The lowest BCUT2D eigenvalue weighted by atomic mass is 10.1. The van der Waals surface area contributed by atoms with Gasteiger partial charge >= 0.3 is 0 Å². The van der Waals surface area contributed by atoms with Gasteiger partial charge in [-0.1, -0.05) is 43.7 Å². The number of hydrogen-bond donors (Lipinski definition) is 2. The van der Waals surface area contributed by atoms with Crippen LogP contribution in [0.1, 0.15) is 42.1 Å². The van der Waals surface area contributed by atoms with Crippen LogP contribution in [0.3, 0.4) is 0 Å². The Hall–Kier alpha value is -2.94. The highest BCUT2D eigenvalue weighted by Gasteiger charge is 2.23. The van der Waals surface area contributed by atoms with E-state index in [-0.39, 0.29) is 11.8 Å². The Morgan fingerprint density at radius 2 is 1.68 bits per heavy atom. The molecule has 0 aromatic heterocycles. The molecule has 2 aromatic carbocycles. The number of carbonyl (C=O) groups excluding carboxylic acids is 2. The molecule has 2 amide bonds. The number of ether oxygens (including phenoxy) is 1. The van der Waals surface area contributed by atoms with Crippen LogP contribution < -0.4 is 15.5 Å². The van der Waals surface area contributed by atoms with Gasteiger partial charge in [-0.3, -0.25) is 19.4 Å². The highest BCUT2D eigenvalue weighted by molar-refractivity contribution is 6.02. The third kappa shape index (κ3) is 8.28. The number of unbranched alkanes of at least 4 members (excludes halogenated alkanes) is 1. The maximum atomic E-state index is 13.4. The Labute approximate surface area is 220 Å². The third-order valence-corrected chi connectivity index (χ3v) is 7.06. The van der Waals surface area contributed by atoms with Gasteiger partial charge in [0.2, 0.25) is 5.91 Å². The van der Waals surface area contributed by atoms with Crippen LogP contribution in [0.15, 0.2) is 48.5 Å². The first-order valence-electron chi connectivity index (χ1n) is 13.7. The van der Waals surface area contributed by atoms with Crippen molar-refractivity contribution >= 4 is 23.2 Å². The molecule has 2 heterocycles. The fraction of sp³-hybridized carbons (Fsp3) is 0.517. The second-order valence-corrected chi connectivity index (χ2v) is 9.84. The molecule has 4 rings (SSSR count). The van der Waals surface area contributed by atoms with Gasteiger partial charge in [-0.15, -0.1) is 0 Å². The number of benzene rings is 2. The zero-order chi connectivity index (χ0) is 25.9. The predicted octanol–water partition coefficient (Wildman–Crippen LogP) is 3.20. The molecule has 2 aliphatic rings. The lowest BCUT2D eigenvalue weighted by Gasteiger charge is -2.37. The Morgan fingerprint density at radius 3 is 2.41 bits per heavy atom. The third-order valence-electron chi connectivity index (χ3n) is 7.06. The summed E-state index contributed by atoms with van der Waals surface area (Å²) in [5.41, 5.74) is 3.53. The lowest BCUT2D eigenvalue weighted by molar-refractivity contribution is -0.116. The Kier molecular flexibility index (Phi) is 10.3. The van der Waals surface area contributed by atoms with E-state index in [1.165, 1.54) is 5.56 Å². The summed E-state index contributed by atoms with van der Waals surface area (Å²) in [6, 6.07) is 16.3. The fourth-order valence-electron chi connectivity index (χ4n) is 4.87. The van der Waals surface area contributed by atoms with Crippen molar-refractivity contribution in [3.8, 4) is 0 Å². The van der Waals surface area contributed by atoms with E-state index in [0.29, 0.717) is 24.2 Å². The zero-order valence-electron chi connectivity index (χ0n) is 22.1. The first-order valence-corrected chi connectivity index (χ1v) is 13.7. The van der Waals surface area contributed by atoms with E-state index in [1.54, 1.807) is 0 Å². The molecule has 2 saturated heterocycles. The highest BCUT2D eigenvalue weighted by atomic mass is 16.5. The number of nitrogens with zero attached hydrogens (tertiary/aromatic N) is 3. The molecule has 0 saturated carbocycles. The van der Waals surface area contributed by atoms with Gasteiger partial charge in [-0.25, -0.2) is 0 Å². The van der Waals surface area contributed by atoms with Crippen LogP contribution >= 0.6 is 0 Å². The molecule has 0 aliphatic carbocycles. The van der Waals surface area contributed by atoms with Crippen LogP contribution in [0.25, 0.3) is 0 Å².